The number of benzene rings is 1. The van der Waals surface area contributed by atoms with Gasteiger partial charge in [-0.1, -0.05) is 6.07 Å². The first-order valence-corrected chi connectivity index (χ1v) is 8.63. The topological polar surface area (TPSA) is 54.5 Å². The second-order valence-electron chi connectivity index (χ2n) is 6.42. The predicted molar refractivity (Wildman–Crippen MR) is 95.0 cm³/mol. The number of nitrogens with zero attached hydrogens (tertiary/aromatic N) is 2. The van der Waals surface area contributed by atoms with E-state index in [9.17, 15) is 4.79 Å². The standard InChI is InChI=1S/C19H25N3O2/c1-3-24-18-6-7-19-16(10-18)4-5-17(21-19)13-22-9-8-15(12-22)11-20-14(2)23/h4-7,10,15H,3,8-9,11-13H2,1-2H3,(H,20,23)/t15-/m1/s1. The number of pyridine rings is 1. The minimum atomic E-state index is 0.0519. The summed E-state index contributed by atoms with van der Waals surface area (Å²) < 4.78 is 5.54. The van der Waals surface area contributed by atoms with Gasteiger partial charge in [0.05, 0.1) is 17.8 Å². The summed E-state index contributed by atoms with van der Waals surface area (Å²) in [5.74, 6) is 1.49. The minimum Gasteiger partial charge on any atom is -0.494 e. The fraction of sp³-hybridized carbons (Fsp3) is 0.474. The van der Waals surface area contributed by atoms with Gasteiger partial charge in [0.15, 0.2) is 0 Å². The second kappa shape index (κ2) is 7.62. The number of amides is 1. The van der Waals surface area contributed by atoms with E-state index in [-0.39, 0.29) is 5.91 Å². The highest BCUT2D eigenvalue weighted by molar-refractivity contribution is 5.80. The van der Waals surface area contributed by atoms with Crippen LogP contribution in [0.3, 0.4) is 0 Å². The second-order valence-corrected chi connectivity index (χ2v) is 6.42. The molecule has 0 radical (unpaired) electrons. The summed E-state index contributed by atoms with van der Waals surface area (Å²) >= 11 is 0. The Morgan fingerprint density at radius 1 is 1.38 bits per heavy atom. The molecule has 0 aliphatic carbocycles. The summed E-state index contributed by atoms with van der Waals surface area (Å²) in [5.41, 5.74) is 2.09. The number of carbonyl (C=O) groups excluding carboxylic acids is 1. The molecule has 0 unspecified atom stereocenters. The zero-order valence-corrected chi connectivity index (χ0v) is 14.4. The summed E-state index contributed by atoms with van der Waals surface area (Å²) in [6.07, 6.45) is 1.13. The number of hydrogen-bond donors (Lipinski definition) is 1. The first-order chi connectivity index (χ1) is 11.6. The minimum absolute atomic E-state index is 0.0519. The zero-order valence-electron chi connectivity index (χ0n) is 14.4. The van der Waals surface area contributed by atoms with Crippen LogP contribution in [0.5, 0.6) is 5.75 Å². The SMILES string of the molecule is CCOc1ccc2nc(CN3CC[C@H](CNC(C)=O)C3)ccc2c1. The molecule has 5 nitrogen and oxygen atoms in total. The van der Waals surface area contributed by atoms with Gasteiger partial charge in [-0.25, -0.2) is 0 Å². The molecule has 3 rings (SSSR count). The molecule has 1 atom stereocenters. The number of rotatable bonds is 6. The molecular weight excluding hydrogens is 302 g/mol. The number of carbonyl (C=O) groups is 1. The van der Waals surface area contributed by atoms with Gasteiger partial charge in [-0.05, 0) is 50.1 Å². The van der Waals surface area contributed by atoms with E-state index in [1.54, 1.807) is 6.92 Å². The molecule has 1 fully saturated rings. The summed E-state index contributed by atoms with van der Waals surface area (Å²) in [4.78, 5) is 18.2. The number of nitrogens with one attached hydrogen (secondary N) is 1. The Kier molecular flexibility index (Phi) is 5.30. The van der Waals surface area contributed by atoms with Crippen LogP contribution in [0, 0.1) is 5.92 Å². The predicted octanol–water partition coefficient (Wildman–Crippen LogP) is 2.59. The average Bonchev–Trinajstić information content (AvgIpc) is 3.01. The number of aromatic nitrogens is 1. The Bertz CT molecular complexity index is 717. The lowest BCUT2D eigenvalue weighted by atomic mass is 10.1. The van der Waals surface area contributed by atoms with Crippen molar-refractivity contribution >= 4 is 16.8 Å². The Balaban J connectivity index is 1.61. The first kappa shape index (κ1) is 16.7. The van der Waals surface area contributed by atoms with Crippen molar-refractivity contribution in [3.8, 4) is 5.75 Å². The van der Waals surface area contributed by atoms with Gasteiger partial charge in [0.25, 0.3) is 0 Å². The summed E-state index contributed by atoms with van der Waals surface area (Å²) in [6.45, 7) is 7.95. The third-order valence-corrected chi connectivity index (χ3v) is 4.42. The van der Waals surface area contributed by atoms with Crippen molar-refractivity contribution in [2.75, 3.05) is 26.2 Å². The molecule has 1 aromatic carbocycles. The molecule has 128 valence electrons. The van der Waals surface area contributed by atoms with E-state index in [0.29, 0.717) is 12.5 Å². The molecular formula is C19H25N3O2. The summed E-state index contributed by atoms with van der Waals surface area (Å²) in [5, 5.41) is 4.02. The van der Waals surface area contributed by atoms with E-state index in [1.807, 2.05) is 25.1 Å². The molecule has 1 saturated heterocycles. The Morgan fingerprint density at radius 2 is 2.25 bits per heavy atom. The van der Waals surface area contributed by atoms with Crippen molar-refractivity contribution in [1.82, 2.24) is 15.2 Å². The Labute approximate surface area is 143 Å². The molecule has 24 heavy (non-hydrogen) atoms. The number of ether oxygens (including phenoxy) is 1. The van der Waals surface area contributed by atoms with Crippen molar-refractivity contribution in [2.45, 2.75) is 26.8 Å². The van der Waals surface area contributed by atoms with Crippen LogP contribution in [-0.2, 0) is 11.3 Å². The Hall–Kier alpha value is -2.14. The largest absolute Gasteiger partial charge is 0.494 e. The molecule has 1 aromatic heterocycles. The highest BCUT2D eigenvalue weighted by Crippen LogP contribution is 2.22. The van der Waals surface area contributed by atoms with Gasteiger partial charge in [0.2, 0.25) is 5.91 Å². The van der Waals surface area contributed by atoms with Gasteiger partial charge in [-0.15, -0.1) is 0 Å². The van der Waals surface area contributed by atoms with Crippen molar-refractivity contribution in [2.24, 2.45) is 5.92 Å². The lowest BCUT2D eigenvalue weighted by molar-refractivity contribution is -0.119. The summed E-state index contributed by atoms with van der Waals surface area (Å²) in [6, 6.07) is 10.2. The van der Waals surface area contributed by atoms with Gasteiger partial charge >= 0.3 is 0 Å². The number of hydrogen-bond acceptors (Lipinski definition) is 4. The van der Waals surface area contributed by atoms with E-state index in [4.69, 9.17) is 9.72 Å². The number of likely N-dealkylation sites (tertiary alicyclic amines) is 1. The van der Waals surface area contributed by atoms with Crippen molar-refractivity contribution in [3.63, 3.8) is 0 Å². The molecule has 0 spiro atoms. The van der Waals surface area contributed by atoms with Crippen LogP contribution >= 0.6 is 0 Å². The average molecular weight is 327 g/mol. The highest BCUT2D eigenvalue weighted by Gasteiger charge is 2.22. The lowest BCUT2D eigenvalue weighted by Crippen LogP contribution is -2.29. The molecule has 0 saturated carbocycles. The molecule has 2 aromatic rings. The van der Waals surface area contributed by atoms with Crippen LogP contribution in [0.4, 0.5) is 0 Å². The molecule has 2 heterocycles. The van der Waals surface area contributed by atoms with Crippen LogP contribution < -0.4 is 10.1 Å². The van der Waals surface area contributed by atoms with Crippen LogP contribution in [0.15, 0.2) is 30.3 Å². The molecule has 1 N–H and O–H groups in total. The number of fused-ring (bicyclic) bond motifs is 1. The fourth-order valence-corrected chi connectivity index (χ4v) is 3.23. The van der Waals surface area contributed by atoms with E-state index in [2.05, 4.69) is 22.3 Å². The van der Waals surface area contributed by atoms with Gasteiger partial charge < -0.3 is 10.1 Å². The van der Waals surface area contributed by atoms with Crippen LogP contribution in [0.1, 0.15) is 26.0 Å². The maximum absolute atomic E-state index is 11.0. The first-order valence-electron chi connectivity index (χ1n) is 8.63. The van der Waals surface area contributed by atoms with E-state index < -0.39 is 0 Å². The highest BCUT2D eigenvalue weighted by atomic mass is 16.5. The normalized spacial score (nSPS) is 18.0. The zero-order chi connectivity index (χ0) is 16.9. The van der Waals surface area contributed by atoms with Gasteiger partial charge in [0.1, 0.15) is 5.75 Å². The monoisotopic (exact) mass is 327 g/mol. The molecule has 1 aliphatic rings. The van der Waals surface area contributed by atoms with Crippen LogP contribution in [0.25, 0.3) is 10.9 Å². The van der Waals surface area contributed by atoms with Gasteiger partial charge in [-0.2, -0.15) is 0 Å². The molecule has 5 heteroatoms. The van der Waals surface area contributed by atoms with Gasteiger partial charge in [0, 0.05) is 31.9 Å². The van der Waals surface area contributed by atoms with Crippen molar-refractivity contribution in [1.29, 1.82) is 0 Å². The third kappa shape index (κ3) is 4.23. The smallest absolute Gasteiger partial charge is 0.216 e. The molecule has 1 aliphatic heterocycles. The third-order valence-electron chi connectivity index (χ3n) is 4.42. The van der Waals surface area contributed by atoms with Crippen molar-refractivity contribution in [3.05, 3.63) is 36.0 Å². The van der Waals surface area contributed by atoms with E-state index >= 15 is 0 Å². The van der Waals surface area contributed by atoms with E-state index in [1.165, 1.54) is 0 Å². The van der Waals surface area contributed by atoms with Crippen molar-refractivity contribution < 1.29 is 9.53 Å². The fourth-order valence-electron chi connectivity index (χ4n) is 3.23. The molecule has 0 bridgehead atoms. The van der Waals surface area contributed by atoms with Crippen LogP contribution in [-0.4, -0.2) is 42.0 Å². The maximum Gasteiger partial charge on any atom is 0.216 e. The summed E-state index contributed by atoms with van der Waals surface area (Å²) in [7, 11) is 0. The quantitative estimate of drug-likeness (QED) is 0.886. The lowest BCUT2D eigenvalue weighted by Gasteiger charge is -2.16. The Morgan fingerprint density at radius 3 is 3.04 bits per heavy atom. The van der Waals surface area contributed by atoms with E-state index in [0.717, 1.165) is 54.9 Å². The maximum atomic E-state index is 11.0. The van der Waals surface area contributed by atoms with Gasteiger partial charge in [-0.3, -0.25) is 14.7 Å². The van der Waals surface area contributed by atoms with Crippen LogP contribution in [0.2, 0.25) is 0 Å². The molecule has 1 amide bonds.